The van der Waals surface area contributed by atoms with Crippen LogP contribution in [0.5, 0.6) is 5.75 Å². The lowest BCUT2D eigenvalue weighted by Gasteiger charge is -2.12. The Bertz CT molecular complexity index is 509. The van der Waals surface area contributed by atoms with Gasteiger partial charge in [0.1, 0.15) is 5.75 Å². The highest BCUT2D eigenvalue weighted by molar-refractivity contribution is 9.10. The minimum Gasteiger partial charge on any atom is -0.494 e. The number of ether oxygens (including phenoxy) is 1. The predicted molar refractivity (Wildman–Crippen MR) is 84.9 cm³/mol. The molecule has 1 unspecified atom stereocenters. The minimum atomic E-state index is -0.0923. The number of rotatable bonds is 6. The summed E-state index contributed by atoms with van der Waals surface area (Å²) < 4.78 is 6.72. The molecular formula is C15H18BrNOS. The molecule has 2 nitrogen and oxygen atoms in total. The van der Waals surface area contributed by atoms with Crippen molar-refractivity contribution in [2.45, 2.75) is 25.8 Å². The molecule has 0 aliphatic heterocycles. The number of hydrogen-bond acceptors (Lipinski definition) is 3. The van der Waals surface area contributed by atoms with Gasteiger partial charge in [0.25, 0.3) is 0 Å². The summed E-state index contributed by atoms with van der Waals surface area (Å²) >= 11 is 5.18. The maximum atomic E-state index is 6.27. The van der Waals surface area contributed by atoms with Gasteiger partial charge in [-0.1, -0.05) is 25.5 Å². The Kier molecular flexibility index (Phi) is 5.43. The van der Waals surface area contributed by atoms with Crippen molar-refractivity contribution in [2.75, 3.05) is 6.61 Å². The third-order valence-corrected chi connectivity index (χ3v) is 4.73. The molecule has 1 heterocycles. The molecule has 0 bridgehead atoms. The van der Waals surface area contributed by atoms with E-state index in [-0.39, 0.29) is 6.04 Å². The quantitative estimate of drug-likeness (QED) is 0.771. The normalized spacial score (nSPS) is 12.4. The molecule has 0 aliphatic carbocycles. The number of thiophene rings is 1. The summed E-state index contributed by atoms with van der Waals surface area (Å²) in [5.41, 5.74) is 8.50. The molecule has 4 heteroatoms. The van der Waals surface area contributed by atoms with E-state index in [4.69, 9.17) is 10.5 Å². The van der Waals surface area contributed by atoms with Gasteiger partial charge in [-0.15, -0.1) is 0 Å². The van der Waals surface area contributed by atoms with E-state index < -0.39 is 0 Å². The van der Waals surface area contributed by atoms with E-state index in [0.29, 0.717) is 0 Å². The fourth-order valence-electron chi connectivity index (χ4n) is 1.80. The van der Waals surface area contributed by atoms with Crippen LogP contribution in [0.25, 0.3) is 0 Å². The van der Waals surface area contributed by atoms with Gasteiger partial charge in [0.05, 0.1) is 12.6 Å². The van der Waals surface area contributed by atoms with Crippen LogP contribution in [0.15, 0.2) is 39.5 Å². The highest BCUT2D eigenvalue weighted by atomic mass is 79.9. The number of hydrogen-bond donors (Lipinski definition) is 1. The largest absolute Gasteiger partial charge is 0.494 e. The second kappa shape index (κ2) is 7.08. The Morgan fingerprint density at radius 2 is 2.00 bits per heavy atom. The van der Waals surface area contributed by atoms with E-state index in [2.05, 4.69) is 33.6 Å². The number of benzene rings is 1. The Labute approximate surface area is 126 Å². The second-order valence-corrected chi connectivity index (χ2v) is 6.02. The molecule has 0 fully saturated rings. The first-order chi connectivity index (χ1) is 9.22. The van der Waals surface area contributed by atoms with Crippen LogP contribution in [0.3, 0.4) is 0 Å². The van der Waals surface area contributed by atoms with Gasteiger partial charge in [0, 0.05) is 9.85 Å². The molecule has 102 valence electrons. The molecule has 2 rings (SSSR count). The van der Waals surface area contributed by atoms with Crippen LogP contribution in [-0.2, 0) is 0 Å². The Morgan fingerprint density at radius 3 is 2.58 bits per heavy atom. The van der Waals surface area contributed by atoms with Crippen molar-refractivity contribution >= 4 is 27.3 Å². The van der Waals surface area contributed by atoms with Gasteiger partial charge in [-0.25, -0.2) is 0 Å². The monoisotopic (exact) mass is 339 g/mol. The van der Waals surface area contributed by atoms with Gasteiger partial charge in [0.15, 0.2) is 0 Å². The van der Waals surface area contributed by atoms with Gasteiger partial charge < -0.3 is 10.5 Å². The standard InChI is InChI=1S/C15H18BrNOS/c1-2-3-8-18-12-6-4-11(5-7-12)15(17)13-9-19-10-14(13)16/h4-7,9-10,15H,2-3,8,17H2,1H3. The zero-order valence-corrected chi connectivity index (χ0v) is 13.3. The number of halogens is 1. The molecule has 0 amide bonds. The minimum absolute atomic E-state index is 0.0923. The van der Waals surface area contributed by atoms with Crippen LogP contribution < -0.4 is 10.5 Å². The summed E-state index contributed by atoms with van der Waals surface area (Å²) in [6, 6.07) is 7.97. The zero-order chi connectivity index (χ0) is 13.7. The molecular weight excluding hydrogens is 322 g/mol. The lowest BCUT2D eigenvalue weighted by molar-refractivity contribution is 0.309. The number of unbranched alkanes of at least 4 members (excludes halogenated alkanes) is 1. The van der Waals surface area contributed by atoms with Gasteiger partial charge in [-0.05, 0) is 51.0 Å². The first-order valence-electron chi connectivity index (χ1n) is 6.42. The van der Waals surface area contributed by atoms with Crippen LogP contribution in [0.1, 0.15) is 36.9 Å². The van der Waals surface area contributed by atoms with Crippen LogP contribution in [0.2, 0.25) is 0 Å². The van der Waals surface area contributed by atoms with Crippen molar-refractivity contribution in [3.8, 4) is 5.75 Å². The summed E-state index contributed by atoms with van der Waals surface area (Å²) in [4.78, 5) is 0. The molecule has 2 N–H and O–H groups in total. The Balaban J connectivity index is 2.04. The van der Waals surface area contributed by atoms with Crippen molar-refractivity contribution in [2.24, 2.45) is 5.73 Å². The Morgan fingerprint density at radius 1 is 1.26 bits per heavy atom. The maximum Gasteiger partial charge on any atom is 0.119 e. The topological polar surface area (TPSA) is 35.2 Å². The Hall–Kier alpha value is -0.840. The van der Waals surface area contributed by atoms with Gasteiger partial charge in [0.2, 0.25) is 0 Å². The van der Waals surface area contributed by atoms with E-state index in [1.165, 1.54) is 0 Å². The SMILES string of the molecule is CCCCOc1ccc(C(N)c2cscc2Br)cc1. The molecule has 2 aromatic rings. The van der Waals surface area contributed by atoms with Crippen molar-refractivity contribution < 1.29 is 4.74 Å². The van der Waals surface area contributed by atoms with E-state index in [0.717, 1.165) is 40.8 Å². The highest BCUT2D eigenvalue weighted by Gasteiger charge is 2.12. The molecule has 0 saturated carbocycles. The summed E-state index contributed by atoms with van der Waals surface area (Å²) in [7, 11) is 0. The molecule has 0 spiro atoms. The average Bonchev–Trinajstić information content (AvgIpc) is 2.85. The highest BCUT2D eigenvalue weighted by Crippen LogP contribution is 2.30. The van der Waals surface area contributed by atoms with Crippen molar-refractivity contribution in [1.29, 1.82) is 0 Å². The van der Waals surface area contributed by atoms with Gasteiger partial charge in [-0.2, -0.15) is 11.3 Å². The van der Waals surface area contributed by atoms with Crippen molar-refractivity contribution in [1.82, 2.24) is 0 Å². The van der Waals surface area contributed by atoms with Gasteiger partial charge in [-0.3, -0.25) is 0 Å². The third kappa shape index (κ3) is 3.81. The average molecular weight is 340 g/mol. The molecule has 1 aromatic carbocycles. The van der Waals surface area contributed by atoms with E-state index in [1.807, 2.05) is 24.3 Å². The van der Waals surface area contributed by atoms with Crippen LogP contribution in [0, 0.1) is 0 Å². The second-order valence-electron chi connectivity index (χ2n) is 4.42. The molecule has 1 atom stereocenters. The first-order valence-corrected chi connectivity index (χ1v) is 8.16. The smallest absolute Gasteiger partial charge is 0.119 e. The summed E-state index contributed by atoms with van der Waals surface area (Å²) in [6.45, 7) is 2.93. The van der Waals surface area contributed by atoms with E-state index in [9.17, 15) is 0 Å². The van der Waals surface area contributed by atoms with Crippen LogP contribution in [0.4, 0.5) is 0 Å². The van der Waals surface area contributed by atoms with Crippen molar-refractivity contribution in [3.05, 3.63) is 50.6 Å². The van der Waals surface area contributed by atoms with E-state index in [1.54, 1.807) is 11.3 Å². The fraction of sp³-hybridized carbons (Fsp3) is 0.333. The zero-order valence-electron chi connectivity index (χ0n) is 10.9. The summed E-state index contributed by atoms with van der Waals surface area (Å²) in [6.07, 6.45) is 2.23. The fourth-order valence-corrected chi connectivity index (χ4v) is 3.38. The van der Waals surface area contributed by atoms with Crippen molar-refractivity contribution in [3.63, 3.8) is 0 Å². The summed E-state index contributed by atoms with van der Waals surface area (Å²) in [5, 5.41) is 4.14. The molecule has 0 aliphatic rings. The van der Waals surface area contributed by atoms with E-state index >= 15 is 0 Å². The van der Waals surface area contributed by atoms with Crippen LogP contribution in [-0.4, -0.2) is 6.61 Å². The summed E-state index contributed by atoms with van der Waals surface area (Å²) in [5.74, 6) is 0.911. The number of nitrogens with two attached hydrogens (primary N) is 1. The lowest BCUT2D eigenvalue weighted by Crippen LogP contribution is -2.11. The van der Waals surface area contributed by atoms with Gasteiger partial charge >= 0.3 is 0 Å². The predicted octanol–water partition coefficient (Wildman–Crippen LogP) is 4.74. The molecule has 1 aromatic heterocycles. The third-order valence-electron chi connectivity index (χ3n) is 2.98. The van der Waals surface area contributed by atoms with Crippen LogP contribution >= 0.6 is 27.3 Å². The molecule has 0 radical (unpaired) electrons. The lowest BCUT2D eigenvalue weighted by atomic mass is 10.0. The molecule has 0 saturated heterocycles. The first kappa shape index (κ1) is 14.6. The maximum absolute atomic E-state index is 6.27. The molecule has 19 heavy (non-hydrogen) atoms.